The third-order valence-corrected chi connectivity index (χ3v) is 2.01. The smallest absolute Gasteiger partial charge is 0.0924 e. The van der Waals surface area contributed by atoms with Gasteiger partial charge in [-0.15, -0.1) is 0 Å². The molecule has 0 aromatic heterocycles. The molecule has 0 bridgehead atoms. The molecular formula is C11H22O2. The Morgan fingerprint density at radius 1 is 1.23 bits per heavy atom. The molecule has 0 radical (unpaired) electrons. The van der Waals surface area contributed by atoms with Crippen LogP contribution in [0.1, 0.15) is 47.5 Å². The molecule has 0 spiro atoms. The van der Waals surface area contributed by atoms with Crippen LogP contribution in [-0.2, 0) is 9.47 Å². The summed E-state index contributed by atoms with van der Waals surface area (Å²) in [5.41, 5.74) is -0.000635. The molecule has 0 saturated heterocycles. The van der Waals surface area contributed by atoms with Crippen LogP contribution in [0.4, 0.5) is 0 Å². The van der Waals surface area contributed by atoms with E-state index in [1.54, 1.807) is 0 Å². The fourth-order valence-electron chi connectivity index (χ4n) is 1.38. The van der Waals surface area contributed by atoms with Gasteiger partial charge in [-0.3, -0.25) is 0 Å². The number of hydrogen-bond donors (Lipinski definition) is 0. The Balaban J connectivity index is 2.31. The molecule has 1 fully saturated rings. The van der Waals surface area contributed by atoms with E-state index < -0.39 is 0 Å². The minimum Gasteiger partial charge on any atom is -0.376 e. The highest BCUT2D eigenvalue weighted by molar-refractivity contribution is 4.97. The van der Waals surface area contributed by atoms with Gasteiger partial charge in [0.15, 0.2) is 0 Å². The van der Waals surface area contributed by atoms with Crippen molar-refractivity contribution in [3.8, 4) is 0 Å². The normalized spacial score (nSPS) is 20.8. The van der Waals surface area contributed by atoms with Crippen molar-refractivity contribution >= 4 is 0 Å². The van der Waals surface area contributed by atoms with E-state index in [0.29, 0.717) is 6.10 Å². The molecule has 0 aromatic carbocycles. The summed E-state index contributed by atoms with van der Waals surface area (Å²) in [6.07, 6.45) is 2.61. The van der Waals surface area contributed by atoms with E-state index in [0.717, 1.165) is 19.4 Å². The monoisotopic (exact) mass is 186 g/mol. The molecule has 13 heavy (non-hydrogen) atoms. The molecule has 1 rings (SSSR count). The van der Waals surface area contributed by atoms with Gasteiger partial charge in [0.2, 0.25) is 0 Å². The molecule has 1 aliphatic carbocycles. The Kier molecular flexibility index (Phi) is 3.03. The predicted octanol–water partition coefficient (Wildman–Crippen LogP) is 2.76. The van der Waals surface area contributed by atoms with Crippen LogP contribution in [0.3, 0.4) is 0 Å². The summed E-state index contributed by atoms with van der Waals surface area (Å²) in [5.74, 6) is 0. The van der Waals surface area contributed by atoms with Crippen LogP contribution in [0.25, 0.3) is 0 Å². The molecule has 1 aliphatic rings. The molecule has 0 unspecified atom stereocenters. The predicted molar refractivity (Wildman–Crippen MR) is 53.9 cm³/mol. The second kappa shape index (κ2) is 3.58. The lowest BCUT2D eigenvalue weighted by molar-refractivity contribution is -0.116. The lowest BCUT2D eigenvalue weighted by Crippen LogP contribution is -2.33. The molecule has 2 nitrogen and oxygen atoms in total. The van der Waals surface area contributed by atoms with Crippen molar-refractivity contribution in [2.24, 2.45) is 0 Å². The Morgan fingerprint density at radius 3 is 2.08 bits per heavy atom. The summed E-state index contributed by atoms with van der Waals surface area (Å²) in [4.78, 5) is 0. The average molecular weight is 186 g/mol. The van der Waals surface area contributed by atoms with Gasteiger partial charge in [-0.25, -0.2) is 0 Å². The Morgan fingerprint density at radius 2 is 1.77 bits per heavy atom. The second-order valence-electron chi connectivity index (χ2n) is 5.26. The molecule has 0 N–H and O–H groups in total. The zero-order valence-corrected chi connectivity index (χ0v) is 9.52. The van der Waals surface area contributed by atoms with Gasteiger partial charge in [0.05, 0.1) is 23.9 Å². The molecule has 2 heteroatoms. The number of ether oxygens (including phenoxy) is 2. The highest BCUT2D eigenvalue weighted by Gasteiger charge is 2.47. The van der Waals surface area contributed by atoms with Crippen molar-refractivity contribution < 1.29 is 9.47 Å². The Labute approximate surface area is 81.6 Å². The SMILES string of the molecule is CC(C)OCC1(OC(C)(C)C)CC1. The largest absolute Gasteiger partial charge is 0.376 e. The van der Waals surface area contributed by atoms with Crippen molar-refractivity contribution in [1.29, 1.82) is 0 Å². The maximum atomic E-state index is 5.96. The lowest BCUT2D eigenvalue weighted by atomic mass is 10.2. The molecule has 0 amide bonds. The molecule has 0 aliphatic heterocycles. The van der Waals surface area contributed by atoms with Crippen LogP contribution in [-0.4, -0.2) is 23.9 Å². The van der Waals surface area contributed by atoms with E-state index in [4.69, 9.17) is 9.47 Å². The van der Waals surface area contributed by atoms with Gasteiger partial charge >= 0.3 is 0 Å². The van der Waals surface area contributed by atoms with Gasteiger partial charge in [0.1, 0.15) is 0 Å². The number of rotatable bonds is 4. The van der Waals surface area contributed by atoms with Crippen LogP contribution in [0.15, 0.2) is 0 Å². The molecular weight excluding hydrogens is 164 g/mol. The first kappa shape index (κ1) is 11.0. The van der Waals surface area contributed by atoms with Crippen LogP contribution < -0.4 is 0 Å². The topological polar surface area (TPSA) is 18.5 Å². The van der Waals surface area contributed by atoms with Crippen molar-refractivity contribution in [3.05, 3.63) is 0 Å². The van der Waals surface area contributed by atoms with Gasteiger partial charge in [0, 0.05) is 0 Å². The van der Waals surface area contributed by atoms with Gasteiger partial charge in [-0.1, -0.05) is 0 Å². The molecule has 1 saturated carbocycles. The molecule has 78 valence electrons. The first-order valence-electron chi connectivity index (χ1n) is 5.15. The van der Waals surface area contributed by atoms with E-state index in [2.05, 4.69) is 34.6 Å². The third-order valence-electron chi connectivity index (χ3n) is 2.01. The number of hydrogen-bond acceptors (Lipinski definition) is 2. The van der Waals surface area contributed by atoms with E-state index in [1.165, 1.54) is 0 Å². The van der Waals surface area contributed by atoms with E-state index in [1.807, 2.05) is 0 Å². The maximum absolute atomic E-state index is 5.96. The summed E-state index contributed by atoms with van der Waals surface area (Å²) in [5, 5.41) is 0. The fraction of sp³-hybridized carbons (Fsp3) is 1.00. The maximum Gasteiger partial charge on any atom is 0.0924 e. The van der Waals surface area contributed by atoms with Crippen molar-refractivity contribution in [3.63, 3.8) is 0 Å². The molecule has 0 aromatic rings. The van der Waals surface area contributed by atoms with Crippen molar-refractivity contribution in [1.82, 2.24) is 0 Å². The minimum atomic E-state index is -0.0448. The zero-order chi connectivity index (χ0) is 10.1. The van der Waals surface area contributed by atoms with Gasteiger partial charge in [0.25, 0.3) is 0 Å². The standard InChI is InChI=1S/C11H22O2/c1-9(2)12-8-11(6-7-11)13-10(3,4)5/h9H,6-8H2,1-5H3. The van der Waals surface area contributed by atoms with Gasteiger partial charge < -0.3 is 9.47 Å². The van der Waals surface area contributed by atoms with Crippen LogP contribution in [0.5, 0.6) is 0 Å². The summed E-state index contributed by atoms with van der Waals surface area (Å²) >= 11 is 0. The van der Waals surface area contributed by atoms with E-state index >= 15 is 0 Å². The van der Waals surface area contributed by atoms with Crippen LogP contribution in [0.2, 0.25) is 0 Å². The van der Waals surface area contributed by atoms with Crippen molar-refractivity contribution in [2.75, 3.05) is 6.61 Å². The summed E-state index contributed by atoms with van der Waals surface area (Å²) in [7, 11) is 0. The fourth-order valence-corrected chi connectivity index (χ4v) is 1.38. The quantitative estimate of drug-likeness (QED) is 0.672. The average Bonchev–Trinajstić information content (AvgIpc) is 2.62. The minimum absolute atomic E-state index is 0.0442. The van der Waals surface area contributed by atoms with Gasteiger partial charge in [-0.2, -0.15) is 0 Å². The Bertz CT molecular complexity index is 163. The van der Waals surface area contributed by atoms with Crippen LogP contribution in [0, 0.1) is 0 Å². The lowest BCUT2D eigenvalue weighted by Gasteiger charge is -2.28. The first-order valence-corrected chi connectivity index (χ1v) is 5.15. The third kappa shape index (κ3) is 4.10. The zero-order valence-electron chi connectivity index (χ0n) is 9.52. The summed E-state index contributed by atoms with van der Waals surface area (Å²) < 4.78 is 11.6. The van der Waals surface area contributed by atoms with E-state index in [9.17, 15) is 0 Å². The highest BCUT2D eigenvalue weighted by Crippen LogP contribution is 2.42. The van der Waals surface area contributed by atoms with E-state index in [-0.39, 0.29) is 11.2 Å². The van der Waals surface area contributed by atoms with Crippen LogP contribution >= 0.6 is 0 Å². The molecule has 0 atom stereocenters. The molecule has 0 heterocycles. The second-order valence-corrected chi connectivity index (χ2v) is 5.26. The highest BCUT2D eigenvalue weighted by atomic mass is 16.6. The van der Waals surface area contributed by atoms with Crippen molar-refractivity contribution in [2.45, 2.75) is 64.8 Å². The Hall–Kier alpha value is -0.0800. The summed E-state index contributed by atoms with van der Waals surface area (Å²) in [6.45, 7) is 11.2. The summed E-state index contributed by atoms with van der Waals surface area (Å²) in [6, 6.07) is 0. The van der Waals surface area contributed by atoms with Gasteiger partial charge in [-0.05, 0) is 47.5 Å². The first-order chi connectivity index (χ1) is 5.83.